The minimum absolute atomic E-state index is 0.132. The van der Waals surface area contributed by atoms with Crippen LogP contribution in [0.15, 0.2) is 47.4 Å². The van der Waals surface area contributed by atoms with Gasteiger partial charge in [0, 0.05) is 30.0 Å². The summed E-state index contributed by atoms with van der Waals surface area (Å²) in [5.41, 5.74) is 3.64. The molecule has 2 rings (SSSR count). The Hall–Kier alpha value is -2.34. The minimum Gasteiger partial charge on any atom is -0.383 e. The molecule has 1 amide bonds. The zero-order valence-corrected chi connectivity index (χ0v) is 15.2. The van der Waals surface area contributed by atoms with E-state index in [-0.39, 0.29) is 5.91 Å². The molecule has 0 aliphatic heterocycles. The molecular formula is C18H23N3O2S. The number of carbonyl (C=O) groups is 1. The topological polar surface area (TPSA) is 70.2 Å². The van der Waals surface area contributed by atoms with Crippen LogP contribution in [0.5, 0.6) is 0 Å². The van der Waals surface area contributed by atoms with Crippen molar-refractivity contribution in [3.8, 4) is 0 Å². The molecule has 0 heterocycles. The fraction of sp³-hybridized carbons (Fsp3) is 0.278. The van der Waals surface area contributed by atoms with E-state index >= 15 is 0 Å². The lowest BCUT2D eigenvalue weighted by Crippen LogP contribution is -2.11. The van der Waals surface area contributed by atoms with Crippen molar-refractivity contribution in [1.29, 1.82) is 0 Å². The van der Waals surface area contributed by atoms with Crippen LogP contribution in [0.4, 0.5) is 17.1 Å². The molecule has 2 aromatic rings. The molecule has 1 atom stereocenters. The third kappa shape index (κ3) is 5.09. The van der Waals surface area contributed by atoms with Gasteiger partial charge >= 0.3 is 0 Å². The molecule has 5 nitrogen and oxygen atoms in total. The van der Waals surface area contributed by atoms with Gasteiger partial charge < -0.3 is 15.4 Å². The average molecular weight is 345 g/mol. The maximum atomic E-state index is 12.4. The lowest BCUT2D eigenvalue weighted by Gasteiger charge is -2.14. The van der Waals surface area contributed by atoms with Crippen LogP contribution in [0.3, 0.4) is 0 Å². The van der Waals surface area contributed by atoms with Gasteiger partial charge in [-0.25, -0.2) is 4.21 Å². The number of amides is 1. The van der Waals surface area contributed by atoms with Crippen molar-refractivity contribution in [1.82, 2.24) is 0 Å². The standard InChI is InChI=1S/C18H23N3O2S/c1-12(2)19-18-10-7-16(11-13(18)3)21-24(23)17-8-5-15(6-9-17)20-14(4)22/h5-12,19,21H,1-4H3,(H,20,22). The van der Waals surface area contributed by atoms with Crippen LogP contribution in [-0.4, -0.2) is 16.2 Å². The Kier molecular flexibility index (Phi) is 5.98. The molecule has 3 N–H and O–H groups in total. The largest absolute Gasteiger partial charge is 0.383 e. The SMILES string of the molecule is CC(=O)Nc1ccc(S(=O)Nc2ccc(NC(C)C)c(C)c2)cc1. The maximum absolute atomic E-state index is 12.4. The number of aryl methyl sites for hydroxylation is 1. The van der Waals surface area contributed by atoms with Gasteiger partial charge in [-0.15, -0.1) is 0 Å². The summed E-state index contributed by atoms with van der Waals surface area (Å²) in [7, 11) is -1.36. The summed E-state index contributed by atoms with van der Waals surface area (Å²) in [5, 5.41) is 6.05. The first kappa shape index (κ1) is 18.0. The van der Waals surface area contributed by atoms with Gasteiger partial charge in [0.05, 0.1) is 4.90 Å². The molecule has 1 unspecified atom stereocenters. The van der Waals surface area contributed by atoms with Crippen molar-refractivity contribution in [2.75, 3.05) is 15.4 Å². The molecule has 128 valence electrons. The summed E-state index contributed by atoms with van der Waals surface area (Å²) < 4.78 is 15.4. The summed E-state index contributed by atoms with van der Waals surface area (Å²) >= 11 is 0. The van der Waals surface area contributed by atoms with Gasteiger partial charge in [0.25, 0.3) is 0 Å². The van der Waals surface area contributed by atoms with Crippen molar-refractivity contribution in [3.63, 3.8) is 0 Å². The van der Waals surface area contributed by atoms with Gasteiger partial charge in [-0.3, -0.25) is 4.79 Å². The van der Waals surface area contributed by atoms with E-state index in [0.717, 1.165) is 16.9 Å². The van der Waals surface area contributed by atoms with E-state index in [0.29, 0.717) is 16.6 Å². The highest BCUT2D eigenvalue weighted by Gasteiger charge is 2.07. The second kappa shape index (κ2) is 7.97. The molecular weight excluding hydrogens is 322 g/mol. The number of benzene rings is 2. The summed E-state index contributed by atoms with van der Waals surface area (Å²) in [5.74, 6) is -0.132. The Bertz CT molecular complexity index is 742. The van der Waals surface area contributed by atoms with Crippen molar-refractivity contribution < 1.29 is 9.00 Å². The number of hydrogen-bond donors (Lipinski definition) is 3. The zero-order valence-electron chi connectivity index (χ0n) is 14.3. The van der Waals surface area contributed by atoms with Crippen LogP contribution in [0.2, 0.25) is 0 Å². The van der Waals surface area contributed by atoms with E-state index in [9.17, 15) is 9.00 Å². The molecule has 2 aromatic carbocycles. The van der Waals surface area contributed by atoms with Gasteiger partial charge in [0.1, 0.15) is 11.0 Å². The van der Waals surface area contributed by atoms with Gasteiger partial charge in [0.15, 0.2) is 0 Å². The quantitative estimate of drug-likeness (QED) is 0.743. The van der Waals surface area contributed by atoms with Crippen LogP contribution >= 0.6 is 0 Å². The first-order valence-corrected chi connectivity index (χ1v) is 8.93. The van der Waals surface area contributed by atoms with E-state index in [1.54, 1.807) is 24.3 Å². The van der Waals surface area contributed by atoms with Gasteiger partial charge in [-0.05, 0) is 68.8 Å². The molecule has 0 radical (unpaired) electrons. The van der Waals surface area contributed by atoms with Gasteiger partial charge in [-0.2, -0.15) is 0 Å². The summed E-state index contributed by atoms with van der Waals surface area (Å²) in [6.07, 6.45) is 0. The molecule has 0 spiro atoms. The van der Waals surface area contributed by atoms with E-state index in [2.05, 4.69) is 29.2 Å². The number of nitrogens with one attached hydrogen (secondary N) is 3. The first-order valence-electron chi connectivity index (χ1n) is 7.78. The van der Waals surface area contributed by atoms with Crippen LogP contribution < -0.4 is 15.4 Å². The molecule has 0 bridgehead atoms. The van der Waals surface area contributed by atoms with Gasteiger partial charge in [-0.1, -0.05) is 0 Å². The second-order valence-corrected chi connectivity index (χ2v) is 7.12. The number of rotatable bonds is 6. The predicted octanol–water partition coefficient (Wildman–Crippen LogP) is 3.91. The predicted molar refractivity (Wildman–Crippen MR) is 101 cm³/mol. The molecule has 0 fully saturated rings. The average Bonchev–Trinajstić information content (AvgIpc) is 2.49. The fourth-order valence-corrected chi connectivity index (χ4v) is 3.07. The Morgan fingerprint density at radius 2 is 1.67 bits per heavy atom. The summed E-state index contributed by atoms with van der Waals surface area (Å²) in [6.45, 7) is 7.64. The van der Waals surface area contributed by atoms with E-state index < -0.39 is 11.0 Å². The summed E-state index contributed by atoms with van der Waals surface area (Å²) in [6, 6.07) is 13.1. The van der Waals surface area contributed by atoms with Crippen LogP contribution in [-0.2, 0) is 15.8 Å². The molecule has 0 aliphatic rings. The number of hydrogen-bond acceptors (Lipinski definition) is 3. The lowest BCUT2D eigenvalue weighted by molar-refractivity contribution is -0.114. The zero-order chi connectivity index (χ0) is 17.7. The highest BCUT2D eigenvalue weighted by Crippen LogP contribution is 2.22. The fourth-order valence-electron chi connectivity index (χ4n) is 2.23. The smallest absolute Gasteiger partial charge is 0.221 e. The first-order chi connectivity index (χ1) is 11.3. The third-order valence-electron chi connectivity index (χ3n) is 3.27. The van der Waals surface area contributed by atoms with Crippen LogP contribution in [0.1, 0.15) is 26.3 Å². The van der Waals surface area contributed by atoms with E-state index in [1.807, 2.05) is 25.1 Å². The van der Waals surface area contributed by atoms with Crippen LogP contribution in [0.25, 0.3) is 0 Å². The van der Waals surface area contributed by atoms with E-state index in [1.165, 1.54) is 6.92 Å². The maximum Gasteiger partial charge on any atom is 0.221 e. The van der Waals surface area contributed by atoms with Gasteiger partial charge in [0.2, 0.25) is 5.91 Å². The number of anilines is 3. The molecule has 6 heteroatoms. The molecule has 0 saturated carbocycles. The van der Waals surface area contributed by atoms with Crippen molar-refractivity contribution in [2.24, 2.45) is 0 Å². The number of carbonyl (C=O) groups excluding carboxylic acids is 1. The normalized spacial score (nSPS) is 11.9. The Morgan fingerprint density at radius 3 is 2.21 bits per heavy atom. The van der Waals surface area contributed by atoms with Crippen molar-refractivity contribution in [2.45, 2.75) is 38.6 Å². The minimum atomic E-state index is -1.36. The van der Waals surface area contributed by atoms with Crippen LogP contribution in [0, 0.1) is 6.92 Å². The highest BCUT2D eigenvalue weighted by atomic mass is 32.2. The molecule has 0 aromatic heterocycles. The molecule has 24 heavy (non-hydrogen) atoms. The Morgan fingerprint density at radius 1 is 1.04 bits per heavy atom. The lowest BCUT2D eigenvalue weighted by atomic mass is 10.1. The Balaban J connectivity index is 2.06. The Labute approximate surface area is 145 Å². The molecule has 0 aliphatic carbocycles. The molecule has 0 saturated heterocycles. The van der Waals surface area contributed by atoms with E-state index in [4.69, 9.17) is 0 Å². The second-order valence-electron chi connectivity index (χ2n) is 5.91. The van der Waals surface area contributed by atoms with Crippen molar-refractivity contribution >= 4 is 34.0 Å². The monoisotopic (exact) mass is 345 g/mol. The summed E-state index contributed by atoms with van der Waals surface area (Å²) in [4.78, 5) is 11.7. The third-order valence-corrected chi connectivity index (χ3v) is 4.39. The van der Waals surface area contributed by atoms with Crippen molar-refractivity contribution in [3.05, 3.63) is 48.0 Å². The highest BCUT2D eigenvalue weighted by molar-refractivity contribution is 7.86.